The number of aliphatic hydroxyl groups excluding tert-OH is 1. The minimum atomic E-state index is -0.119. The van der Waals surface area contributed by atoms with Gasteiger partial charge >= 0.3 is 0 Å². The van der Waals surface area contributed by atoms with Crippen LogP contribution in [-0.4, -0.2) is 42.2 Å². The van der Waals surface area contributed by atoms with Gasteiger partial charge in [-0.1, -0.05) is 12.1 Å². The molecule has 4 rings (SSSR count). The highest BCUT2D eigenvalue weighted by Crippen LogP contribution is 2.25. The summed E-state index contributed by atoms with van der Waals surface area (Å²) in [6, 6.07) is 8.84. The molecular formula is C20H22N6O2. The number of amides is 1. The number of nitrogens with zero attached hydrogens (tertiary/aromatic N) is 5. The van der Waals surface area contributed by atoms with Crippen LogP contribution in [0.4, 0.5) is 5.82 Å². The number of nitrogens with two attached hydrogens (primary N) is 1. The van der Waals surface area contributed by atoms with Gasteiger partial charge in [-0.15, -0.1) is 0 Å². The summed E-state index contributed by atoms with van der Waals surface area (Å²) in [6.07, 6.45) is 2.34. The SMILES string of the molecule is CCn1nc(CO)c2c1CCN(C(=O)c1ccc(-c3nccc(N)n3)cc1)C2. The van der Waals surface area contributed by atoms with Crippen molar-refractivity contribution in [3.05, 3.63) is 59.0 Å². The van der Waals surface area contributed by atoms with E-state index < -0.39 is 0 Å². The molecule has 8 heteroatoms. The average Bonchev–Trinajstić information content (AvgIpc) is 3.10. The van der Waals surface area contributed by atoms with Crippen molar-refractivity contribution in [1.29, 1.82) is 0 Å². The van der Waals surface area contributed by atoms with Crippen LogP contribution in [0.15, 0.2) is 36.5 Å². The number of aliphatic hydroxyl groups is 1. The summed E-state index contributed by atoms with van der Waals surface area (Å²) in [5.74, 6) is 0.890. The van der Waals surface area contributed by atoms with Crippen molar-refractivity contribution in [3.8, 4) is 11.4 Å². The van der Waals surface area contributed by atoms with E-state index in [2.05, 4.69) is 15.1 Å². The van der Waals surface area contributed by atoms with Gasteiger partial charge in [-0.05, 0) is 25.1 Å². The summed E-state index contributed by atoms with van der Waals surface area (Å²) >= 11 is 0. The lowest BCUT2D eigenvalue weighted by molar-refractivity contribution is 0.0732. The van der Waals surface area contributed by atoms with Crippen molar-refractivity contribution in [2.45, 2.75) is 33.0 Å². The molecule has 144 valence electrons. The zero-order chi connectivity index (χ0) is 19.7. The van der Waals surface area contributed by atoms with Crippen LogP contribution in [0.5, 0.6) is 0 Å². The Morgan fingerprint density at radius 3 is 2.71 bits per heavy atom. The number of fused-ring (bicyclic) bond motifs is 1. The molecule has 3 N–H and O–H groups in total. The molecule has 0 radical (unpaired) electrons. The Morgan fingerprint density at radius 2 is 2.04 bits per heavy atom. The summed E-state index contributed by atoms with van der Waals surface area (Å²) in [5, 5.41) is 14.1. The first-order valence-electron chi connectivity index (χ1n) is 9.27. The normalized spacial score (nSPS) is 13.4. The third-order valence-corrected chi connectivity index (χ3v) is 5.02. The predicted octanol–water partition coefficient (Wildman–Crippen LogP) is 1.63. The number of benzene rings is 1. The Kier molecular flexibility index (Phi) is 4.79. The lowest BCUT2D eigenvalue weighted by Gasteiger charge is -2.28. The number of rotatable bonds is 4. The molecular weight excluding hydrogens is 356 g/mol. The monoisotopic (exact) mass is 378 g/mol. The quantitative estimate of drug-likeness (QED) is 0.714. The molecule has 3 aromatic rings. The van der Waals surface area contributed by atoms with E-state index in [1.165, 1.54) is 0 Å². The Morgan fingerprint density at radius 1 is 1.25 bits per heavy atom. The maximum atomic E-state index is 13.0. The number of aryl methyl sites for hydroxylation is 1. The zero-order valence-electron chi connectivity index (χ0n) is 15.7. The van der Waals surface area contributed by atoms with Gasteiger partial charge in [0.25, 0.3) is 5.91 Å². The first-order chi connectivity index (χ1) is 13.6. The largest absolute Gasteiger partial charge is 0.390 e. The van der Waals surface area contributed by atoms with Crippen LogP contribution < -0.4 is 5.73 Å². The van der Waals surface area contributed by atoms with E-state index in [1.54, 1.807) is 29.3 Å². The zero-order valence-corrected chi connectivity index (χ0v) is 15.7. The predicted molar refractivity (Wildman–Crippen MR) is 104 cm³/mol. The summed E-state index contributed by atoms with van der Waals surface area (Å²) in [4.78, 5) is 23.2. The van der Waals surface area contributed by atoms with Crippen LogP contribution in [0.1, 0.15) is 34.2 Å². The second kappa shape index (κ2) is 7.40. The molecule has 0 atom stereocenters. The number of nitrogen functional groups attached to an aromatic ring is 1. The lowest BCUT2D eigenvalue weighted by Crippen LogP contribution is -2.36. The number of aromatic nitrogens is 4. The minimum Gasteiger partial charge on any atom is -0.390 e. The van der Waals surface area contributed by atoms with E-state index in [0.717, 1.165) is 29.8 Å². The second-order valence-corrected chi connectivity index (χ2v) is 6.70. The van der Waals surface area contributed by atoms with Crippen LogP contribution in [0.25, 0.3) is 11.4 Å². The highest BCUT2D eigenvalue weighted by atomic mass is 16.3. The maximum absolute atomic E-state index is 13.0. The third-order valence-electron chi connectivity index (χ3n) is 5.02. The topological polar surface area (TPSA) is 110 Å². The Labute approximate surface area is 162 Å². The van der Waals surface area contributed by atoms with Crippen molar-refractivity contribution in [3.63, 3.8) is 0 Å². The number of carbonyl (C=O) groups is 1. The average molecular weight is 378 g/mol. The Bertz CT molecular complexity index is 1010. The fraction of sp³-hybridized carbons (Fsp3) is 0.300. The molecule has 28 heavy (non-hydrogen) atoms. The molecule has 0 bridgehead atoms. The van der Waals surface area contributed by atoms with Gasteiger partial charge in [-0.2, -0.15) is 5.10 Å². The first kappa shape index (κ1) is 18.1. The van der Waals surface area contributed by atoms with Gasteiger partial charge < -0.3 is 15.7 Å². The van der Waals surface area contributed by atoms with Gasteiger partial charge in [0, 0.05) is 54.6 Å². The summed E-state index contributed by atoms with van der Waals surface area (Å²) < 4.78 is 1.92. The van der Waals surface area contributed by atoms with E-state index in [9.17, 15) is 9.90 Å². The van der Waals surface area contributed by atoms with E-state index >= 15 is 0 Å². The van der Waals surface area contributed by atoms with Crippen LogP contribution >= 0.6 is 0 Å². The van der Waals surface area contributed by atoms with Crippen molar-refractivity contribution in [1.82, 2.24) is 24.6 Å². The van der Waals surface area contributed by atoms with Gasteiger partial charge in [-0.3, -0.25) is 9.48 Å². The molecule has 8 nitrogen and oxygen atoms in total. The summed E-state index contributed by atoms with van der Waals surface area (Å²) in [6.45, 7) is 3.75. The number of hydrogen-bond acceptors (Lipinski definition) is 6. The smallest absolute Gasteiger partial charge is 0.254 e. The Balaban J connectivity index is 1.55. The molecule has 2 aromatic heterocycles. The molecule has 3 heterocycles. The van der Waals surface area contributed by atoms with E-state index in [1.807, 2.05) is 23.7 Å². The lowest BCUT2D eigenvalue weighted by atomic mass is 10.0. The highest BCUT2D eigenvalue weighted by molar-refractivity contribution is 5.94. The molecule has 0 saturated carbocycles. The molecule has 1 aromatic carbocycles. The molecule has 0 spiro atoms. The van der Waals surface area contributed by atoms with Crippen molar-refractivity contribution in [2.75, 3.05) is 12.3 Å². The van der Waals surface area contributed by atoms with Crippen LogP contribution in [0.3, 0.4) is 0 Å². The highest BCUT2D eigenvalue weighted by Gasteiger charge is 2.27. The van der Waals surface area contributed by atoms with E-state index in [4.69, 9.17) is 5.73 Å². The van der Waals surface area contributed by atoms with E-state index in [-0.39, 0.29) is 12.5 Å². The minimum absolute atomic E-state index is 0.0427. The summed E-state index contributed by atoms with van der Waals surface area (Å²) in [5.41, 5.74) is 9.85. The van der Waals surface area contributed by atoms with E-state index in [0.29, 0.717) is 36.0 Å². The first-order valence-corrected chi connectivity index (χ1v) is 9.27. The second-order valence-electron chi connectivity index (χ2n) is 6.70. The van der Waals surface area contributed by atoms with Crippen molar-refractivity contribution in [2.24, 2.45) is 0 Å². The standard InChI is InChI=1S/C20H22N6O2/c1-2-26-17-8-10-25(11-15(17)16(12-27)24-26)20(28)14-5-3-13(4-6-14)19-22-9-7-18(21)23-19/h3-7,9,27H,2,8,10-12H2,1H3,(H2,21,22,23). The maximum Gasteiger partial charge on any atom is 0.254 e. The van der Waals surface area contributed by atoms with Crippen LogP contribution in [-0.2, 0) is 26.1 Å². The molecule has 0 fully saturated rings. The molecule has 1 amide bonds. The summed E-state index contributed by atoms with van der Waals surface area (Å²) in [7, 11) is 0. The molecule has 1 aliphatic heterocycles. The third kappa shape index (κ3) is 3.22. The van der Waals surface area contributed by atoms with Crippen LogP contribution in [0, 0.1) is 0 Å². The van der Waals surface area contributed by atoms with Gasteiger partial charge in [0.05, 0.1) is 12.3 Å². The molecule has 0 saturated heterocycles. The van der Waals surface area contributed by atoms with Crippen molar-refractivity contribution < 1.29 is 9.90 Å². The van der Waals surface area contributed by atoms with Gasteiger partial charge in [0.1, 0.15) is 5.82 Å². The van der Waals surface area contributed by atoms with Crippen LogP contribution in [0.2, 0.25) is 0 Å². The fourth-order valence-electron chi connectivity index (χ4n) is 3.58. The van der Waals surface area contributed by atoms with Gasteiger partial charge in [-0.25, -0.2) is 9.97 Å². The number of hydrogen-bond donors (Lipinski definition) is 2. The molecule has 0 aliphatic carbocycles. The van der Waals surface area contributed by atoms with Gasteiger partial charge in [0.2, 0.25) is 0 Å². The molecule has 1 aliphatic rings. The van der Waals surface area contributed by atoms with Gasteiger partial charge in [0.15, 0.2) is 5.82 Å². The molecule has 0 unspecified atom stereocenters. The fourth-order valence-corrected chi connectivity index (χ4v) is 3.58. The Hall–Kier alpha value is -3.26. The van der Waals surface area contributed by atoms with Crippen molar-refractivity contribution >= 4 is 11.7 Å². The number of carbonyl (C=O) groups excluding carboxylic acids is 1. The number of anilines is 1.